The number of hydrogen-bond donors (Lipinski definition) is 1. The molecule has 2 aliphatic rings. The van der Waals surface area contributed by atoms with Gasteiger partial charge in [-0.05, 0) is 30.4 Å². The highest BCUT2D eigenvalue weighted by Gasteiger charge is 2.48. The summed E-state index contributed by atoms with van der Waals surface area (Å²) in [6.07, 6.45) is 4.26. The van der Waals surface area contributed by atoms with Crippen LogP contribution < -0.4 is 10.4 Å². The summed E-state index contributed by atoms with van der Waals surface area (Å²) < 4.78 is 0. The molecule has 0 saturated heterocycles. The molecule has 1 aromatic carbocycles. The zero-order valence-corrected chi connectivity index (χ0v) is 12.5. The highest BCUT2D eigenvalue weighted by molar-refractivity contribution is 6.32. The Morgan fingerprint density at radius 1 is 1.22 bits per heavy atom. The largest absolute Gasteiger partial charge is 0.550 e. The van der Waals surface area contributed by atoms with E-state index in [1.807, 2.05) is 12.2 Å². The molecule has 2 bridgehead atoms. The molecule has 0 aliphatic heterocycles. The number of nitrogens with one attached hydrogen (secondary N) is 1. The van der Waals surface area contributed by atoms with Crippen molar-refractivity contribution in [1.82, 2.24) is 0 Å². The predicted octanol–water partition coefficient (Wildman–Crippen LogP) is 1.37. The van der Waals surface area contributed by atoms with E-state index in [4.69, 9.17) is 11.6 Å². The lowest BCUT2D eigenvalue weighted by Crippen LogP contribution is -2.42. The number of anilines is 1. The number of carbonyl (C=O) groups is 2. The van der Waals surface area contributed by atoms with Crippen molar-refractivity contribution in [1.29, 1.82) is 0 Å². The van der Waals surface area contributed by atoms with Gasteiger partial charge in [-0.1, -0.05) is 23.8 Å². The van der Waals surface area contributed by atoms with Crippen LogP contribution >= 0.6 is 11.6 Å². The number of hydrogen-bond acceptors (Lipinski definition) is 5. The molecule has 1 amide bonds. The van der Waals surface area contributed by atoms with E-state index >= 15 is 0 Å². The monoisotopic (exact) mass is 335 g/mol. The van der Waals surface area contributed by atoms with Gasteiger partial charge in [0.15, 0.2) is 0 Å². The zero-order valence-electron chi connectivity index (χ0n) is 11.8. The van der Waals surface area contributed by atoms with E-state index in [9.17, 15) is 24.8 Å². The Balaban J connectivity index is 1.82. The highest BCUT2D eigenvalue weighted by Crippen LogP contribution is 2.48. The molecule has 4 unspecified atom stereocenters. The van der Waals surface area contributed by atoms with Crippen LogP contribution in [0.3, 0.4) is 0 Å². The molecule has 1 N–H and O–H groups in total. The normalized spacial score (nSPS) is 27.9. The van der Waals surface area contributed by atoms with Crippen molar-refractivity contribution in [2.45, 2.75) is 6.42 Å². The van der Waals surface area contributed by atoms with Crippen LogP contribution in [-0.4, -0.2) is 16.8 Å². The minimum Gasteiger partial charge on any atom is -0.550 e. The molecule has 4 atom stereocenters. The van der Waals surface area contributed by atoms with Crippen molar-refractivity contribution in [3.63, 3.8) is 0 Å². The number of nitro groups is 1. The predicted molar refractivity (Wildman–Crippen MR) is 79.5 cm³/mol. The van der Waals surface area contributed by atoms with Gasteiger partial charge in [-0.2, -0.15) is 0 Å². The second kappa shape index (κ2) is 5.66. The van der Waals surface area contributed by atoms with E-state index in [0.29, 0.717) is 6.42 Å². The Bertz CT molecular complexity index is 733. The first-order valence-corrected chi connectivity index (χ1v) is 7.40. The van der Waals surface area contributed by atoms with Crippen LogP contribution in [0.1, 0.15) is 6.42 Å². The van der Waals surface area contributed by atoms with E-state index in [0.717, 1.165) is 6.07 Å². The number of carbonyl (C=O) groups excluding carboxylic acids is 2. The maximum absolute atomic E-state index is 12.4. The third kappa shape index (κ3) is 2.68. The summed E-state index contributed by atoms with van der Waals surface area (Å²) in [6.45, 7) is 0. The maximum Gasteiger partial charge on any atom is 0.289 e. The summed E-state index contributed by atoms with van der Waals surface area (Å²) in [5, 5.41) is 24.7. The molecule has 3 rings (SSSR count). The van der Waals surface area contributed by atoms with Crippen LogP contribution in [0.5, 0.6) is 0 Å². The number of allylic oxidation sites excluding steroid dienone is 2. The first kappa shape index (κ1) is 15.5. The minimum absolute atomic E-state index is 0.0385. The lowest BCUT2D eigenvalue weighted by atomic mass is 9.82. The molecule has 120 valence electrons. The summed E-state index contributed by atoms with van der Waals surface area (Å²) >= 11 is 5.72. The average Bonchev–Trinajstić information content (AvgIpc) is 3.09. The number of benzene rings is 1. The third-order valence-electron chi connectivity index (χ3n) is 4.44. The number of rotatable bonds is 4. The first-order valence-electron chi connectivity index (χ1n) is 7.02. The molecule has 7 nitrogen and oxygen atoms in total. The van der Waals surface area contributed by atoms with Gasteiger partial charge in [-0.25, -0.2) is 0 Å². The van der Waals surface area contributed by atoms with Crippen LogP contribution in [0, 0.1) is 33.8 Å². The van der Waals surface area contributed by atoms with Gasteiger partial charge in [0.2, 0.25) is 5.91 Å². The van der Waals surface area contributed by atoms with Crippen molar-refractivity contribution in [3.05, 3.63) is 45.5 Å². The molecule has 0 heterocycles. The van der Waals surface area contributed by atoms with E-state index in [2.05, 4.69) is 5.32 Å². The molecule has 2 aliphatic carbocycles. The van der Waals surface area contributed by atoms with Crippen LogP contribution in [0.4, 0.5) is 11.4 Å². The number of amides is 1. The van der Waals surface area contributed by atoms with Gasteiger partial charge in [0.1, 0.15) is 5.02 Å². The van der Waals surface area contributed by atoms with Gasteiger partial charge in [0, 0.05) is 23.6 Å². The third-order valence-corrected chi connectivity index (χ3v) is 4.76. The molecule has 23 heavy (non-hydrogen) atoms. The fraction of sp³-hybridized carbons (Fsp3) is 0.333. The summed E-state index contributed by atoms with van der Waals surface area (Å²) in [4.78, 5) is 34.0. The van der Waals surface area contributed by atoms with Gasteiger partial charge in [0.05, 0.1) is 10.8 Å². The van der Waals surface area contributed by atoms with Gasteiger partial charge in [0.25, 0.3) is 5.69 Å². The van der Waals surface area contributed by atoms with Crippen LogP contribution in [0.25, 0.3) is 0 Å². The lowest BCUT2D eigenvalue weighted by molar-refractivity contribution is -0.384. The maximum atomic E-state index is 12.4. The van der Waals surface area contributed by atoms with Crippen LogP contribution in [0.15, 0.2) is 30.4 Å². The van der Waals surface area contributed by atoms with E-state index in [-0.39, 0.29) is 28.2 Å². The average molecular weight is 336 g/mol. The zero-order chi connectivity index (χ0) is 16.7. The summed E-state index contributed by atoms with van der Waals surface area (Å²) in [7, 11) is 0. The van der Waals surface area contributed by atoms with E-state index in [1.165, 1.54) is 12.1 Å². The van der Waals surface area contributed by atoms with Crippen molar-refractivity contribution < 1.29 is 19.6 Å². The number of nitro benzene ring substituents is 1. The van der Waals surface area contributed by atoms with Crippen molar-refractivity contribution in [2.24, 2.45) is 23.7 Å². The molecule has 1 aromatic rings. The Morgan fingerprint density at radius 2 is 1.87 bits per heavy atom. The topological polar surface area (TPSA) is 112 Å². The lowest BCUT2D eigenvalue weighted by Gasteiger charge is -2.27. The van der Waals surface area contributed by atoms with Crippen LogP contribution in [-0.2, 0) is 9.59 Å². The fourth-order valence-electron chi connectivity index (χ4n) is 3.46. The molecule has 0 spiro atoms. The van der Waals surface area contributed by atoms with Gasteiger partial charge in [-0.15, -0.1) is 0 Å². The second-order valence-corrected chi connectivity index (χ2v) is 6.14. The highest BCUT2D eigenvalue weighted by atomic mass is 35.5. The van der Waals surface area contributed by atoms with Crippen molar-refractivity contribution >= 4 is 34.9 Å². The molecule has 8 heteroatoms. The summed E-state index contributed by atoms with van der Waals surface area (Å²) in [6, 6.07) is 3.90. The summed E-state index contributed by atoms with van der Waals surface area (Å²) in [5.74, 6) is -3.67. The second-order valence-electron chi connectivity index (χ2n) is 5.73. The Labute approximate surface area is 136 Å². The smallest absolute Gasteiger partial charge is 0.289 e. The van der Waals surface area contributed by atoms with Crippen molar-refractivity contribution in [2.75, 3.05) is 5.32 Å². The SMILES string of the molecule is O=C([O-])C1C2C=CC(C2)C1C(=O)Nc1ccc(Cl)c([N+](=O)[O-])c1. The fourth-order valence-corrected chi connectivity index (χ4v) is 3.64. The van der Waals surface area contributed by atoms with E-state index in [1.54, 1.807) is 0 Å². The molecule has 1 fully saturated rings. The first-order chi connectivity index (χ1) is 10.9. The standard InChI is InChI=1S/C15H13ClN2O5/c16-10-4-3-9(6-11(10)18(22)23)17-14(19)12-7-1-2-8(5-7)13(12)15(20)21/h1-4,6-8,12-13H,5H2,(H,17,19)(H,20,21)/p-1. The molecular formula is C15H12ClN2O5-. The van der Waals surface area contributed by atoms with E-state index < -0.39 is 28.6 Å². The Morgan fingerprint density at radius 3 is 2.48 bits per heavy atom. The molecule has 0 aromatic heterocycles. The van der Waals surface area contributed by atoms with Gasteiger partial charge < -0.3 is 15.2 Å². The number of fused-ring (bicyclic) bond motifs is 2. The van der Waals surface area contributed by atoms with Gasteiger partial charge in [-0.3, -0.25) is 14.9 Å². The molecule has 0 radical (unpaired) electrons. The van der Waals surface area contributed by atoms with Crippen LogP contribution in [0.2, 0.25) is 5.02 Å². The Hall–Kier alpha value is -2.41. The molecular weight excluding hydrogens is 324 g/mol. The quantitative estimate of drug-likeness (QED) is 0.507. The van der Waals surface area contributed by atoms with Crippen molar-refractivity contribution in [3.8, 4) is 0 Å². The minimum atomic E-state index is -1.25. The number of halogens is 1. The van der Waals surface area contributed by atoms with Gasteiger partial charge >= 0.3 is 0 Å². The number of carboxylic acids is 1. The number of nitrogens with zero attached hydrogens (tertiary/aromatic N) is 1. The Kier molecular flexibility index (Phi) is 3.81. The number of aliphatic carboxylic acids is 1. The summed E-state index contributed by atoms with van der Waals surface area (Å²) in [5.41, 5.74) is -0.122. The molecule has 1 saturated carbocycles. The number of carboxylic acid groups (broad SMARTS) is 1.